The Kier molecular flexibility index (Phi) is 18.6. The highest BCUT2D eigenvalue weighted by molar-refractivity contribution is 6.10. The van der Waals surface area contributed by atoms with E-state index in [0.717, 1.165) is 0 Å². The maximum absolute atomic E-state index is 2.54. The van der Waals surface area contributed by atoms with Crippen molar-refractivity contribution in [2.24, 2.45) is 0 Å². The number of rotatable bonds is 7. The number of benzene rings is 6. The van der Waals surface area contributed by atoms with Gasteiger partial charge in [0, 0.05) is 157 Å². The predicted molar refractivity (Wildman–Crippen MR) is 491 cm³/mol. The minimum atomic E-state index is 0.252. The van der Waals surface area contributed by atoms with Crippen molar-refractivity contribution in [1.29, 1.82) is 0 Å². The van der Waals surface area contributed by atoms with Crippen LogP contribution in [0.1, 0.15) is 120 Å². The molecule has 16 heteroatoms. The van der Waals surface area contributed by atoms with Gasteiger partial charge in [-0.3, -0.25) is 0 Å². The standard InChI is InChI=1S/C29H28N4.C26H30N4.C24H26N4.C23H24N4/c1-17-28-24(20-10-6-8-12-22(20)26-15-30(4)18(2)32(26)28)14-25-21-11-7-9-13-23(21)27-16-31(5)19(3)33(27)29(17)25;1-18(2)22-14-25(29-16-23-10-6-8-12-27(23)20(29)4)19(3)26(15-22)30-17-24-11-7-9-13-28(24)21(30)5;1-17-13-23(27-15-21-9-5-7-11-25(21)19(27)3)18(2)24(14-17)28-16-22-10-6-8-12-26(22)20(28)4;1-17-22(26-15-20-9-4-6-13-24(20)18(26)2)11-8-12-23(17)27-16-21-10-5-7-14-25(21)19(27)3/h6-16,18-19H,1-5H3;6-18,20-21H,1-5H3;5-16,19-20H,1-4H3;4-16,18-19H,1-3H3/t18-,19+;20-,21+;19-,20+;18-,19+. The van der Waals surface area contributed by atoms with Crippen LogP contribution >= 0.6 is 0 Å². The van der Waals surface area contributed by atoms with Crippen LogP contribution in [-0.4, -0.2) is 103 Å². The second-order valence-corrected chi connectivity index (χ2v) is 33.6. The Morgan fingerprint density at radius 2 is 0.525 bits per heavy atom. The van der Waals surface area contributed by atoms with Gasteiger partial charge >= 0.3 is 0 Å². The van der Waals surface area contributed by atoms with E-state index in [-0.39, 0.29) is 49.3 Å². The van der Waals surface area contributed by atoms with Crippen molar-refractivity contribution in [2.45, 2.75) is 159 Å². The van der Waals surface area contributed by atoms with Crippen molar-refractivity contribution >= 4 is 56.9 Å². The normalized spacial score (nSPS) is 23.8. The number of hydrogen-bond donors (Lipinski definition) is 0. The first-order valence-corrected chi connectivity index (χ1v) is 42.1. The third-order valence-electron chi connectivity index (χ3n) is 26.6. The van der Waals surface area contributed by atoms with Gasteiger partial charge in [-0.15, -0.1) is 0 Å². The molecule has 0 unspecified atom stereocenters. The Labute approximate surface area is 698 Å². The van der Waals surface area contributed by atoms with Gasteiger partial charge in [0.1, 0.15) is 49.3 Å². The fraction of sp³-hybridized carbons (Fsp3) is 0.255. The van der Waals surface area contributed by atoms with Crippen LogP contribution in [0.15, 0.2) is 327 Å². The van der Waals surface area contributed by atoms with Crippen LogP contribution < -0.4 is 39.2 Å². The smallest absolute Gasteiger partial charge is 0.107 e. The van der Waals surface area contributed by atoms with Crippen LogP contribution in [0.3, 0.4) is 0 Å². The van der Waals surface area contributed by atoms with Gasteiger partial charge in [-0.2, -0.15) is 0 Å². The van der Waals surface area contributed by atoms with E-state index in [2.05, 4.69) is 490 Å². The highest BCUT2D eigenvalue weighted by Gasteiger charge is 2.44. The lowest BCUT2D eigenvalue weighted by molar-refractivity contribution is 0.381. The summed E-state index contributed by atoms with van der Waals surface area (Å²) >= 11 is 0. The average molecular weight is 1560 g/mol. The molecule has 0 spiro atoms. The molecule has 16 aliphatic heterocycles. The van der Waals surface area contributed by atoms with Gasteiger partial charge in [0.2, 0.25) is 0 Å². The molecular weight excluding hydrogens is 1450 g/mol. The van der Waals surface area contributed by atoms with Gasteiger partial charge in [0.05, 0.1) is 57.0 Å². The van der Waals surface area contributed by atoms with E-state index in [1.54, 1.807) is 0 Å². The highest BCUT2D eigenvalue weighted by Crippen LogP contribution is 2.58. The van der Waals surface area contributed by atoms with E-state index in [1.807, 2.05) is 0 Å². The fourth-order valence-corrected chi connectivity index (χ4v) is 19.8. The molecule has 0 N–H and O–H groups in total. The molecule has 6 aromatic carbocycles. The molecule has 0 saturated heterocycles. The molecule has 0 fully saturated rings. The Morgan fingerprint density at radius 1 is 0.254 bits per heavy atom. The first-order valence-electron chi connectivity index (χ1n) is 42.1. The van der Waals surface area contributed by atoms with Gasteiger partial charge < -0.3 is 78.4 Å². The van der Waals surface area contributed by atoms with Crippen LogP contribution in [0.4, 0.5) is 45.5 Å². The SMILES string of the molecule is Cc1c(N2C=C3C=CC=CN3[C@H]2C)cc(C(C)C)cc1N1C=C2C=CC=CN2[C@@H]1C.Cc1c(N2C=C3C=CC=CN3[C@H]2C)cccc1N1C=C2C=CC=CN2[C@@H]1C.Cc1c2c(cc3c1N1C(=CN(C)[C@@H]1C)c1ccccc1-3)-c1ccccc1C1=CN(C)[C@@H](C)N12.Cc1cc(N2C=C3C=CC=CN3[C@H]2C)c(C)c(N2C=C3C=CC=CN3[C@@H]2C)c1. The molecular formula is C102H108N16. The summed E-state index contributed by atoms with van der Waals surface area (Å²) in [6, 6.07) is 36.2. The molecule has 0 amide bonds. The van der Waals surface area contributed by atoms with Gasteiger partial charge in [-0.25, -0.2) is 0 Å². The Balaban J connectivity index is 0.000000105. The zero-order valence-electron chi connectivity index (χ0n) is 71.1. The Bertz CT molecular complexity index is 5510. The Hall–Kier alpha value is -13.1. The lowest BCUT2D eigenvalue weighted by atomic mass is 9.82. The van der Waals surface area contributed by atoms with Crippen LogP contribution in [0.25, 0.3) is 33.6 Å². The van der Waals surface area contributed by atoms with E-state index >= 15 is 0 Å². The summed E-state index contributed by atoms with van der Waals surface area (Å²) in [5.74, 6) is 0.462. The number of anilines is 8. The van der Waals surface area contributed by atoms with E-state index in [0.29, 0.717) is 5.92 Å². The number of fused-ring (bicyclic) bond motifs is 18. The molecule has 0 saturated carbocycles. The number of aryl methyl sites for hydroxylation is 1. The second-order valence-electron chi connectivity index (χ2n) is 33.6. The maximum Gasteiger partial charge on any atom is 0.107 e. The van der Waals surface area contributed by atoms with Crippen molar-refractivity contribution in [2.75, 3.05) is 53.3 Å². The van der Waals surface area contributed by atoms with Crippen LogP contribution in [0, 0.1) is 34.6 Å². The molecule has 8 atom stereocenters. The van der Waals surface area contributed by atoms with Gasteiger partial charge in [-0.1, -0.05) is 105 Å². The summed E-state index contributed by atoms with van der Waals surface area (Å²) in [4.78, 5) is 38.0. The lowest BCUT2D eigenvalue weighted by Gasteiger charge is -2.42. The van der Waals surface area contributed by atoms with Gasteiger partial charge in [0.15, 0.2) is 0 Å². The van der Waals surface area contributed by atoms with E-state index in [9.17, 15) is 0 Å². The molecule has 0 radical (unpaired) electrons. The van der Waals surface area contributed by atoms with E-state index in [1.165, 1.54) is 158 Å². The minimum absolute atomic E-state index is 0.252. The zero-order chi connectivity index (χ0) is 81.5. The summed E-state index contributed by atoms with van der Waals surface area (Å²) in [6.45, 7) is 33.9. The second kappa shape index (κ2) is 29.3. The quantitative estimate of drug-likeness (QED) is 0.152. The van der Waals surface area contributed by atoms with Crippen LogP contribution in [-0.2, 0) is 0 Å². The maximum atomic E-state index is 2.54. The Morgan fingerprint density at radius 3 is 0.814 bits per heavy atom. The summed E-state index contributed by atoms with van der Waals surface area (Å²) in [5.41, 5.74) is 36.2. The first-order chi connectivity index (χ1) is 57.1. The molecule has 22 rings (SSSR count). The van der Waals surface area contributed by atoms with E-state index < -0.39 is 0 Å². The molecule has 6 aromatic rings. The molecule has 16 aliphatic rings. The largest absolute Gasteiger partial charge is 0.358 e. The number of hydrogen-bond acceptors (Lipinski definition) is 16. The van der Waals surface area contributed by atoms with Crippen molar-refractivity contribution < 1.29 is 0 Å². The predicted octanol–water partition coefficient (Wildman–Crippen LogP) is 21.9. The lowest BCUT2D eigenvalue weighted by Crippen LogP contribution is -2.39. The summed E-state index contributed by atoms with van der Waals surface area (Å²) in [5, 5.41) is 0. The molecule has 0 bridgehead atoms. The third kappa shape index (κ3) is 12.1. The molecule has 0 aromatic heterocycles. The molecule has 0 aliphatic carbocycles. The van der Waals surface area contributed by atoms with E-state index in [4.69, 9.17) is 0 Å². The van der Waals surface area contributed by atoms with Crippen molar-refractivity contribution in [1.82, 2.24) is 39.2 Å². The van der Waals surface area contributed by atoms with Crippen molar-refractivity contribution in [3.63, 3.8) is 0 Å². The molecule has 16 nitrogen and oxygen atoms in total. The molecule has 596 valence electrons. The fourth-order valence-electron chi connectivity index (χ4n) is 19.8. The topological polar surface area (TPSA) is 51.8 Å². The number of allylic oxidation sites excluding steroid dienone is 18. The van der Waals surface area contributed by atoms with Crippen molar-refractivity contribution in [3.8, 4) is 22.3 Å². The van der Waals surface area contributed by atoms with Crippen molar-refractivity contribution in [3.05, 3.63) is 372 Å². The van der Waals surface area contributed by atoms with Gasteiger partial charge in [0.25, 0.3) is 0 Å². The minimum Gasteiger partial charge on any atom is -0.358 e. The third-order valence-corrected chi connectivity index (χ3v) is 26.6. The molecule has 16 heterocycles. The average Bonchev–Trinajstić information content (AvgIpc) is 1.40. The van der Waals surface area contributed by atoms with Crippen LogP contribution in [0.5, 0.6) is 0 Å². The summed E-state index contributed by atoms with van der Waals surface area (Å²) in [7, 11) is 4.36. The first kappa shape index (κ1) is 75.0. The number of nitrogens with zero attached hydrogens (tertiary/aromatic N) is 16. The highest BCUT2D eigenvalue weighted by atomic mass is 15.5. The van der Waals surface area contributed by atoms with Gasteiger partial charge in [-0.05, 0) is 256 Å². The summed E-state index contributed by atoms with van der Waals surface area (Å²) < 4.78 is 0. The molecule has 118 heavy (non-hydrogen) atoms. The van der Waals surface area contributed by atoms with Crippen LogP contribution in [0.2, 0.25) is 0 Å². The zero-order valence-corrected chi connectivity index (χ0v) is 71.1. The summed E-state index contributed by atoms with van der Waals surface area (Å²) in [6.07, 6.45) is 71.5. The monoisotopic (exact) mass is 1560 g/mol.